The predicted molar refractivity (Wildman–Crippen MR) is 78.4 cm³/mol. The molecule has 0 N–H and O–H groups in total. The number of hydrogen-bond acceptors (Lipinski definition) is 5. The lowest BCUT2D eigenvalue weighted by Gasteiger charge is -2.19. The molecule has 2 aromatic rings. The lowest BCUT2D eigenvalue weighted by atomic mass is 10.1. The Morgan fingerprint density at radius 3 is 2.95 bits per heavy atom. The van der Waals surface area contributed by atoms with Gasteiger partial charge in [0, 0.05) is 24.7 Å². The van der Waals surface area contributed by atoms with Gasteiger partial charge in [-0.05, 0) is 38.9 Å². The summed E-state index contributed by atoms with van der Waals surface area (Å²) >= 11 is 0. The van der Waals surface area contributed by atoms with E-state index in [0.717, 1.165) is 25.3 Å². The van der Waals surface area contributed by atoms with Gasteiger partial charge in [-0.1, -0.05) is 0 Å². The molecular formula is C15H20N4O2. The third kappa shape index (κ3) is 2.63. The fraction of sp³-hybridized carbons (Fsp3) is 0.533. The molecule has 0 amide bonds. The van der Waals surface area contributed by atoms with Crippen molar-refractivity contribution in [1.82, 2.24) is 19.5 Å². The zero-order chi connectivity index (χ0) is 15.0. The minimum absolute atomic E-state index is 0.353. The number of hydrogen-bond donors (Lipinski definition) is 0. The van der Waals surface area contributed by atoms with Crippen LogP contribution in [-0.2, 0) is 4.74 Å². The second kappa shape index (κ2) is 5.44. The van der Waals surface area contributed by atoms with Crippen LogP contribution in [0.3, 0.4) is 0 Å². The molecule has 3 rings (SSSR count). The average Bonchev–Trinajstić information content (AvgIpc) is 3.11. The van der Waals surface area contributed by atoms with Crippen molar-refractivity contribution in [2.24, 2.45) is 0 Å². The van der Waals surface area contributed by atoms with Crippen molar-refractivity contribution in [2.75, 3.05) is 20.2 Å². The molecule has 0 aromatic carbocycles. The van der Waals surface area contributed by atoms with Crippen LogP contribution in [0.2, 0.25) is 0 Å². The number of ether oxygens (including phenoxy) is 1. The van der Waals surface area contributed by atoms with Crippen LogP contribution in [0, 0.1) is 0 Å². The molecule has 1 fully saturated rings. The second-order valence-corrected chi connectivity index (χ2v) is 5.75. The Labute approximate surface area is 123 Å². The molecule has 0 aliphatic carbocycles. The van der Waals surface area contributed by atoms with E-state index < -0.39 is 0 Å². The summed E-state index contributed by atoms with van der Waals surface area (Å²) in [6.07, 6.45) is 2.84. The molecule has 0 saturated carbocycles. The third-order valence-electron chi connectivity index (χ3n) is 4.09. The summed E-state index contributed by atoms with van der Waals surface area (Å²) in [6.45, 7) is 6.51. The van der Waals surface area contributed by atoms with Crippen LogP contribution >= 0.6 is 0 Å². The largest absolute Gasteiger partial charge is 0.465 e. The van der Waals surface area contributed by atoms with Gasteiger partial charge in [0.1, 0.15) is 0 Å². The lowest BCUT2D eigenvalue weighted by Crippen LogP contribution is -2.28. The highest BCUT2D eigenvalue weighted by Crippen LogP contribution is 2.26. The standard InChI is InChI=1S/C15H20N4O2/c1-10(2)18-6-4-12(9-18)14-16-13-8-11(15(20)21-3)5-7-19(13)17-14/h5,7-8,10,12H,4,6,9H2,1-3H3. The van der Waals surface area contributed by atoms with Gasteiger partial charge < -0.3 is 9.64 Å². The summed E-state index contributed by atoms with van der Waals surface area (Å²) in [5.41, 5.74) is 1.19. The maximum atomic E-state index is 11.6. The molecule has 1 aliphatic heterocycles. The van der Waals surface area contributed by atoms with E-state index in [9.17, 15) is 4.79 Å². The highest BCUT2D eigenvalue weighted by Gasteiger charge is 2.28. The van der Waals surface area contributed by atoms with Crippen molar-refractivity contribution in [3.63, 3.8) is 0 Å². The molecule has 2 aromatic heterocycles. The Bertz CT molecular complexity index is 665. The fourth-order valence-corrected chi connectivity index (χ4v) is 2.78. The van der Waals surface area contributed by atoms with E-state index in [1.54, 1.807) is 22.8 Å². The lowest BCUT2D eigenvalue weighted by molar-refractivity contribution is 0.0600. The van der Waals surface area contributed by atoms with Crippen LogP contribution in [0.15, 0.2) is 18.3 Å². The Hall–Kier alpha value is -1.95. The van der Waals surface area contributed by atoms with Crippen molar-refractivity contribution in [2.45, 2.75) is 32.2 Å². The van der Waals surface area contributed by atoms with E-state index in [-0.39, 0.29) is 5.97 Å². The van der Waals surface area contributed by atoms with Crippen molar-refractivity contribution in [3.05, 3.63) is 29.7 Å². The molecule has 21 heavy (non-hydrogen) atoms. The van der Waals surface area contributed by atoms with Gasteiger partial charge >= 0.3 is 5.97 Å². The average molecular weight is 288 g/mol. The van der Waals surface area contributed by atoms with E-state index in [1.807, 2.05) is 0 Å². The van der Waals surface area contributed by atoms with Crippen molar-refractivity contribution >= 4 is 11.6 Å². The SMILES string of the molecule is COC(=O)c1ccn2nc(C3CCN(C(C)C)C3)nc2c1. The first-order valence-electron chi connectivity index (χ1n) is 7.27. The van der Waals surface area contributed by atoms with E-state index >= 15 is 0 Å². The van der Waals surface area contributed by atoms with Gasteiger partial charge in [-0.15, -0.1) is 0 Å². The fourth-order valence-electron chi connectivity index (χ4n) is 2.78. The van der Waals surface area contributed by atoms with Crippen LogP contribution in [0.25, 0.3) is 5.65 Å². The van der Waals surface area contributed by atoms with Gasteiger partial charge in [0.15, 0.2) is 11.5 Å². The zero-order valence-electron chi connectivity index (χ0n) is 12.6. The quantitative estimate of drug-likeness (QED) is 0.805. The second-order valence-electron chi connectivity index (χ2n) is 5.75. The summed E-state index contributed by atoms with van der Waals surface area (Å²) in [5.74, 6) is 0.878. The Morgan fingerprint density at radius 2 is 2.29 bits per heavy atom. The number of methoxy groups -OCH3 is 1. The molecule has 1 unspecified atom stereocenters. The normalized spacial score (nSPS) is 19.5. The number of pyridine rings is 1. The van der Waals surface area contributed by atoms with Gasteiger partial charge in [0.05, 0.1) is 12.7 Å². The summed E-state index contributed by atoms with van der Waals surface area (Å²) in [5, 5.41) is 4.54. The minimum Gasteiger partial charge on any atom is -0.465 e. The molecular weight excluding hydrogens is 268 g/mol. The maximum absolute atomic E-state index is 11.6. The minimum atomic E-state index is -0.353. The van der Waals surface area contributed by atoms with E-state index in [0.29, 0.717) is 23.2 Å². The highest BCUT2D eigenvalue weighted by atomic mass is 16.5. The van der Waals surface area contributed by atoms with Gasteiger partial charge in [-0.3, -0.25) is 0 Å². The predicted octanol–water partition coefficient (Wildman–Crippen LogP) is 1.71. The number of fused-ring (bicyclic) bond motifs is 1. The molecule has 1 saturated heterocycles. The van der Waals surface area contributed by atoms with Crippen LogP contribution in [0.1, 0.15) is 42.4 Å². The summed E-state index contributed by atoms with van der Waals surface area (Å²) in [6, 6.07) is 3.97. The molecule has 0 bridgehead atoms. The number of carbonyl (C=O) groups is 1. The van der Waals surface area contributed by atoms with Gasteiger partial charge in [-0.2, -0.15) is 5.10 Å². The first-order valence-corrected chi connectivity index (χ1v) is 7.27. The smallest absolute Gasteiger partial charge is 0.338 e. The molecule has 3 heterocycles. The van der Waals surface area contributed by atoms with E-state index in [1.165, 1.54) is 7.11 Å². The molecule has 1 aliphatic rings. The Kier molecular flexibility index (Phi) is 3.63. The number of esters is 1. The summed E-state index contributed by atoms with van der Waals surface area (Å²) in [4.78, 5) is 18.6. The van der Waals surface area contributed by atoms with Crippen LogP contribution < -0.4 is 0 Å². The van der Waals surface area contributed by atoms with Gasteiger partial charge in [0.25, 0.3) is 0 Å². The van der Waals surface area contributed by atoms with Crippen LogP contribution in [0.4, 0.5) is 0 Å². The molecule has 0 spiro atoms. The summed E-state index contributed by atoms with van der Waals surface area (Å²) < 4.78 is 6.45. The molecule has 112 valence electrons. The number of likely N-dealkylation sites (tertiary alicyclic amines) is 1. The molecule has 6 heteroatoms. The van der Waals surface area contributed by atoms with Crippen molar-refractivity contribution in [3.8, 4) is 0 Å². The first-order chi connectivity index (χ1) is 10.1. The zero-order valence-corrected chi connectivity index (χ0v) is 12.6. The van der Waals surface area contributed by atoms with Crippen molar-refractivity contribution < 1.29 is 9.53 Å². The van der Waals surface area contributed by atoms with Crippen LogP contribution in [-0.4, -0.2) is 51.7 Å². The van der Waals surface area contributed by atoms with Crippen LogP contribution in [0.5, 0.6) is 0 Å². The Balaban J connectivity index is 1.86. The van der Waals surface area contributed by atoms with E-state index in [4.69, 9.17) is 4.74 Å². The third-order valence-corrected chi connectivity index (χ3v) is 4.09. The maximum Gasteiger partial charge on any atom is 0.338 e. The van der Waals surface area contributed by atoms with Gasteiger partial charge in [0.2, 0.25) is 0 Å². The monoisotopic (exact) mass is 288 g/mol. The van der Waals surface area contributed by atoms with E-state index in [2.05, 4.69) is 28.8 Å². The molecule has 0 radical (unpaired) electrons. The number of carbonyl (C=O) groups excluding carboxylic acids is 1. The first kappa shape index (κ1) is 14.0. The highest BCUT2D eigenvalue weighted by molar-refractivity contribution is 5.90. The topological polar surface area (TPSA) is 59.7 Å². The Morgan fingerprint density at radius 1 is 1.48 bits per heavy atom. The molecule has 6 nitrogen and oxygen atoms in total. The number of aromatic nitrogens is 3. The number of nitrogens with zero attached hydrogens (tertiary/aromatic N) is 4. The van der Waals surface area contributed by atoms with Gasteiger partial charge in [-0.25, -0.2) is 14.3 Å². The molecule has 1 atom stereocenters. The van der Waals surface area contributed by atoms with Crippen molar-refractivity contribution in [1.29, 1.82) is 0 Å². The number of rotatable bonds is 3. The summed E-state index contributed by atoms with van der Waals surface area (Å²) in [7, 11) is 1.38.